The standard InChI is InChI=1S/C15H14ClN5/c1-9-4-5-10-8-11(6-7-12(10)17-9)13-18-14(16)20-15(19-13)21(2)3/h4-8H,1-3H3. The fourth-order valence-corrected chi connectivity index (χ4v) is 2.19. The number of halogens is 1. The molecule has 2 heterocycles. The first-order valence-electron chi connectivity index (χ1n) is 6.49. The lowest BCUT2D eigenvalue weighted by Crippen LogP contribution is -2.13. The van der Waals surface area contributed by atoms with E-state index >= 15 is 0 Å². The van der Waals surface area contributed by atoms with Crippen molar-refractivity contribution in [2.24, 2.45) is 0 Å². The van der Waals surface area contributed by atoms with Crippen LogP contribution in [0.5, 0.6) is 0 Å². The van der Waals surface area contributed by atoms with Crippen LogP contribution in [0.3, 0.4) is 0 Å². The van der Waals surface area contributed by atoms with E-state index in [1.807, 2.05) is 51.4 Å². The molecule has 0 N–H and O–H groups in total. The van der Waals surface area contributed by atoms with Crippen LogP contribution in [0.1, 0.15) is 5.69 Å². The molecular weight excluding hydrogens is 286 g/mol. The smallest absolute Gasteiger partial charge is 0.229 e. The maximum Gasteiger partial charge on any atom is 0.229 e. The number of pyridine rings is 1. The van der Waals surface area contributed by atoms with Crippen molar-refractivity contribution in [2.45, 2.75) is 6.92 Å². The van der Waals surface area contributed by atoms with Gasteiger partial charge < -0.3 is 4.90 Å². The minimum atomic E-state index is 0.186. The Bertz CT molecular complexity index is 816. The molecule has 0 aliphatic rings. The van der Waals surface area contributed by atoms with Gasteiger partial charge in [-0.05, 0) is 42.8 Å². The van der Waals surface area contributed by atoms with E-state index in [0.717, 1.165) is 22.2 Å². The van der Waals surface area contributed by atoms with Gasteiger partial charge in [-0.2, -0.15) is 15.0 Å². The van der Waals surface area contributed by atoms with Crippen molar-refractivity contribution in [3.8, 4) is 11.4 Å². The molecule has 0 aliphatic carbocycles. The summed E-state index contributed by atoms with van der Waals surface area (Å²) < 4.78 is 0. The summed E-state index contributed by atoms with van der Waals surface area (Å²) in [5.74, 6) is 1.09. The average molecular weight is 300 g/mol. The van der Waals surface area contributed by atoms with Crippen LogP contribution in [0, 0.1) is 6.92 Å². The van der Waals surface area contributed by atoms with Crippen molar-refractivity contribution in [3.05, 3.63) is 41.3 Å². The van der Waals surface area contributed by atoms with Gasteiger partial charge in [0, 0.05) is 30.7 Å². The number of nitrogens with zero attached hydrogens (tertiary/aromatic N) is 5. The zero-order chi connectivity index (χ0) is 15.0. The third-order valence-corrected chi connectivity index (χ3v) is 3.25. The molecule has 6 heteroatoms. The Balaban J connectivity index is 2.14. The van der Waals surface area contributed by atoms with Gasteiger partial charge in [0.15, 0.2) is 5.82 Å². The molecule has 0 radical (unpaired) electrons. The van der Waals surface area contributed by atoms with Crippen LogP contribution in [0.4, 0.5) is 5.95 Å². The maximum absolute atomic E-state index is 5.98. The van der Waals surface area contributed by atoms with Gasteiger partial charge in [-0.3, -0.25) is 4.98 Å². The van der Waals surface area contributed by atoms with Crippen molar-refractivity contribution in [1.29, 1.82) is 0 Å². The van der Waals surface area contributed by atoms with E-state index in [-0.39, 0.29) is 5.28 Å². The highest BCUT2D eigenvalue weighted by atomic mass is 35.5. The number of aryl methyl sites for hydroxylation is 1. The second-order valence-electron chi connectivity index (χ2n) is 4.98. The van der Waals surface area contributed by atoms with Crippen LogP contribution in [-0.2, 0) is 0 Å². The highest BCUT2D eigenvalue weighted by molar-refractivity contribution is 6.28. The first-order valence-corrected chi connectivity index (χ1v) is 6.87. The molecule has 0 aliphatic heterocycles. The molecule has 0 saturated heterocycles. The number of rotatable bonds is 2. The second-order valence-corrected chi connectivity index (χ2v) is 5.32. The molecule has 3 aromatic rings. The molecule has 0 unspecified atom stereocenters. The Labute approximate surface area is 127 Å². The molecule has 3 rings (SSSR count). The van der Waals surface area contributed by atoms with Gasteiger partial charge >= 0.3 is 0 Å². The highest BCUT2D eigenvalue weighted by Gasteiger charge is 2.09. The molecule has 0 fully saturated rings. The lowest BCUT2D eigenvalue weighted by atomic mass is 10.1. The quantitative estimate of drug-likeness (QED) is 0.728. The SMILES string of the molecule is Cc1ccc2cc(-c3nc(Cl)nc(N(C)C)n3)ccc2n1. The summed E-state index contributed by atoms with van der Waals surface area (Å²) in [6.07, 6.45) is 0. The van der Waals surface area contributed by atoms with Crippen LogP contribution in [0.15, 0.2) is 30.3 Å². The molecule has 5 nitrogen and oxygen atoms in total. The normalized spacial score (nSPS) is 10.9. The Hall–Kier alpha value is -2.27. The minimum Gasteiger partial charge on any atom is -0.347 e. The minimum absolute atomic E-state index is 0.186. The number of fused-ring (bicyclic) bond motifs is 1. The fraction of sp³-hybridized carbons (Fsp3) is 0.200. The van der Waals surface area contributed by atoms with Crippen molar-refractivity contribution >= 4 is 28.5 Å². The Kier molecular flexibility index (Phi) is 3.43. The Morgan fingerprint density at radius 3 is 2.52 bits per heavy atom. The van der Waals surface area contributed by atoms with E-state index in [1.54, 1.807) is 4.90 Å². The third kappa shape index (κ3) is 2.78. The first kappa shape index (κ1) is 13.7. The highest BCUT2D eigenvalue weighted by Crippen LogP contribution is 2.23. The lowest BCUT2D eigenvalue weighted by Gasteiger charge is -2.11. The van der Waals surface area contributed by atoms with E-state index in [0.29, 0.717) is 11.8 Å². The summed E-state index contributed by atoms with van der Waals surface area (Å²) in [5, 5.41) is 1.23. The zero-order valence-electron chi connectivity index (χ0n) is 12.0. The van der Waals surface area contributed by atoms with E-state index in [2.05, 4.69) is 19.9 Å². The van der Waals surface area contributed by atoms with Crippen LogP contribution < -0.4 is 4.90 Å². The van der Waals surface area contributed by atoms with Gasteiger partial charge in [-0.25, -0.2) is 0 Å². The Morgan fingerprint density at radius 1 is 0.952 bits per heavy atom. The van der Waals surface area contributed by atoms with E-state index in [4.69, 9.17) is 11.6 Å². The number of benzene rings is 1. The van der Waals surface area contributed by atoms with Crippen LogP contribution in [0.25, 0.3) is 22.3 Å². The summed E-state index contributed by atoms with van der Waals surface area (Å²) in [7, 11) is 3.73. The van der Waals surface area contributed by atoms with Crippen LogP contribution in [-0.4, -0.2) is 34.0 Å². The number of hydrogen-bond donors (Lipinski definition) is 0. The van der Waals surface area contributed by atoms with E-state index < -0.39 is 0 Å². The van der Waals surface area contributed by atoms with Gasteiger partial charge in [-0.15, -0.1) is 0 Å². The van der Waals surface area contributed by atoms with Crippen LogP contribution >= 0.6 is 11.6 Å². The molecule has 21 heavy (non-hydrogen) atoms. The molecule has 0 bridgehead atoms. The lowest BCUT2D eigenvalue weighted by molar-refractivity contribution is 0.962. The summed E-state index contributed by atoms with van der Waals surface area (Å²) in [4.78, 5) is 19.0. The Morgan fingerprint density at radius 2 is 1.76 bits per heavy atom. The summed E-state index contributed by atoms with van der Waals surface area (Å²) in [5.41, 5.74) is 2.83. The molecular formula is C15H14ClN5. The zero-order valence-corrected chi connectivity index (χ0v) is 12.8. The molecule has 106 valence electrons. The van der Waals surface area contributed by atoms with Gasteiger partial charge in [-0.1, -0.05) is 6.07 Å². The molecule has 1 aromatic carbocycles. The molecule has 0 amide bonds. The van der Waals surface area contributed by atoms with Gasteiger partial charge in [0.05, 0.1) is 5.52 Å². The number of anilines is 1. The monoisotopic (exact) mass is 299 g/mol. The van der Waals surface area contributed by atoms with Crippen molar-refractivity contribution in [1.82, 2.24) is 19.9 Å². The predicted molar refractivity (Wildman–Crippen MR) is 84.6 cm³/mol. The molecule has 2 aromatic heterocycles. The topological polar surface area (TPSA) is 54.8 Å². The maximum atomic E-state index is 5.98. The van der Waals surface area contributed by atoms with Crippen molar-refractivity contribution < 1.29 is 0 Å². The first-order chi connectivity index (χ1) is 10.0. The van der Waals surface area contributed by atoms with Crippen molar-refractivity contribution in [2.75, 3.05) is 19.0 Å². The van der Waals surface area contributed by atoms with E-state index in [1.165, 1.54) is 0 Å². The molecule has 0 atom stereocenters. The van der Waals surface area contributed by atoms with E-state index in [9.17, 15) is 0 Å². The number of hydrogen-bond acceptors (Lipinski definition) is 5. The average Bonchev–Trinajstić information content (AvgIpc) is 2.46. The largest absolute Gasteiger partial charge is 0.347 e. The summed E-state index contributed by atoms with van der Waals surface area (Å²) in [6, 6.07) is 9.94. The molecule has 0 spiro atoms. The summed E-state index contributed by atoms with van der Waals surface area (Å²) >= 11 is 5.98. The van der Waals surface area contributed by atoms with Crippen LogP contribution in [0.2, 0.25) is 5.28 Å². The predicted octanol–water partition coefficient (Wildman–Crippen LogP) is 3.11. The van der Waals surface area contributed by atoms with Gasteiger partial charge in [0.2, 0.25) is 11.2 Å². The van der Waals surface area contributed by atoms with Gasteiger partial charge in [0.25, 0.3) is 0 Å². The van der Waals surface area contributed by atoms with Gasteiger partial charge in [0.1, 0.15) is 0 Å². The number of aromatic nitrogens is 4. The molecule has 0 saturated carbocycles. The fourth-order valence-electron chi connectivity index (χ4n) is 2.04. The third-order valence-electron chi connectivity index (χ3n) is 3.08. The summed E-state index contributed by atoms with van der Waals surface area (Å²) in [6.45, 7) is 1.97. The van der Waals surface area contributed by atoms with Crippen molar-refractivity contribution in [3.63, 3.8) is 0 Å². The second kappa shape index (κ2) is 5.26.